The van der Waals surface area contributed by atoms with E-state index in [1.54, 1.807) is 12.0 Å². The van der Waals surface area contributed by atoms with Gasteiger partial charge in [-0.15, -0.1) is 0 Å². The van der Waals surface area contributed by atoms with Crippen molar-refractivity contribution in [1.82, 2.24) is 4.90 Å². The third kappa shape index (κ3) is 6.50. The molecule has 226 valence electrons. The van der Waals surface area contributed by atoms with E-state index in [0.717, 1.165) is 29.1 Å². The molecule has 0 radical (unpaired) electrons. The fraction of sp³-hybridized carbons (Fsp3) is 0.419. The van der Waals surface area contributed by atoms with Gasteiger partial charge in [0, 0.05) is 43.9 Å². The number of hydrogen-bond acceptors (Lipinski definition) is 7. The van der Waals surface area contributed by atoms with Gasteiger partial charge in [-0.3, -0.25) is 4.79 Å². The van der Waals surface area contributed by atoms with E-state index in [1.165, 1.54) is 13.2 Å². The van der Waals surface area contributed by atoms with E-state index in [0.29, 0.717) is 37.8 Å². The predicted octanol–water partition coefficient (Wildman–Crippen LogP) is 6.05. The molecule has 2 aromatic carbocycles. The maximum absolute atomic E-state index is 13.9. The Kier molecular flexibility index (Phi) is 9.38. The average molecular weight is 587 g/mol. The van der Waals surface area contributed by atoms with Crippen molar-refractivity contribution in [2.75, 3.05) is 50.2 Å². The third-order valence-corrected chi connectivity index (χ3v) is 7.73. The topological polar surface area (TPSA) is 77.8 Å². The summed E-state index contributed by atoms with van der Waals surface area (Å²) in [5.74, 6) is -0.116. The van der Waals surface area contributed by atoms with Crippen LogP contribution in [0.1, 0.15) is 32.8 Å². The Hall–Kier alpha value is -4.15. The van der Waals surface area contributed by atoms with Crippen LogP contribution in [-0.2, 0) is 11.0 Å². The number of methoxy groups -OCH3 is 2. The van der Waals surface area contributed by atoms with E-state index in [2.05, 4.69) is 4.90 Å². The van der Waals surface area contributed by atoms with Gasteiger partial charge in [-0.1, -0.05) is 25.1 Å². The van der Waals surface area contributed by atoms with Gasteiger partial charge >= 0.3 is 12.1 Å². The summed E-state index contributed by atoms with van der Waals surface area (Å²) in [5.41, 5.74) is 1.84. The van der Waals surface area contributed by atoms with E-state index in [4.69, 9.17) is 14.5 Å². The number of ether oxygens (including phenoxy) is 2. The molecular weight excluding hydrogens is 549 g/mol. The molecule has 2 aromatic rings. The van der Waals surface area contributed by atoms with Gasteiger partial charge in [0.05, 0.1) is 43.6 Å². The first-order chi connectivity index (χ1) is 20.0. The number of piperazine rings is 1. The van der Waals surface area contributed by atoms with Gasteiger partial charge in [-0.2, -0.15) is 13.2 Å². The molecule has 0 spiro atoms. The first-order valence-corrected chi connectivity index (χ1v) is 13.8. The minimum absolute atomic E-state index is 0.127. The number of aliphatic carboxylic acids is 1. The maximum Gasteiger partial charge on any atom is 0.416 e. The summed E-state index contributed by atoms with van der Waals surface area (Å²) in [7, 11) is 3.00. The van der Waals surface area contributed by atoms with E-state index in [-0.39, 0.29) is 17.9 Å². The Balaban J connectivity index is 1.84. The molecule has 0 bridgehead atoms. The molecule has 11 heteroatoms. The number of rotatable bonds is 7. The minimum Gasteiger partial charge on any atom is -0.497 e. The molecule has 2 aliphatic heterocycles. The molecule has 1 fully saturated rings. The number of aliphatic imine (C=N–C) groups is 1. The molecule has 0 aromatic heterocycles. The summed E-state index contributed by atoms with van der Waals surface area (Å²) in [6.45, 7) is 7.91. The Morgan fingerprint density at radius 2 is 1.76 bits per heavy atom. The van der Waals surface area contributed by atoms with Crippen molar-refractivity contribution in [1.29, 1.82) is 0 Å². The lowest BCUT2D eigenvalue weighted by atomic mass is 9.89. The Morgan fingerprint density at radius 3 is 2.36 bits per heavy atom. The number of alkyl halides is 3. The highest BCUT2D eigenvalue weighted by Crippen LogP contribution is 2.42. The number of benzene rings is 2. The first kappa shape index (κ1) is 30.8. The zero-order chi connectivity index (χ0) is 30.6. The Bertz CT molecular complexity index is 1380. The molecule has 8 nitrogen and oxygen atoms in total. The standard InChI is InChI=1S/C31H37F3N4O4/c1-6-8-20(2)29-21(3)25(19-28(39)40)38(26-17-22(31(32,33)34)11-12-27(26)42-5)30(35-29)37-15-13-36(14-16-37)23-9-7-10-24(18-23)41-4/h6-12,17-18,21,25H,13-16,19H2,1-5H3,(H,39,40). The molecule has 2 unspecified atom stereocenters. The predicted molar refractivity (Wildman–Crippen MR) is 157 cm³/mol. The largest absolute Gasteiger partial charge is 0.497 e. The normalized spacial score (nSPS) is 21.0. The number of carboxylic acid groups (broad SMARTS) is 1. The zero-order valence-electron chi connectivity index (χ0n) is 24.5. The summed E-state index contributed by atoms with van der Waals surface area (Å²) in [5, 5.41) is 9.95. The van der Waals surface area contributed by atoms with Gasteiger partial charge in [0.15, 0.2) is 0 Å². The van der Waals surface area contributed by atoms with Crippen molar-refractivity contribution in [2.24, 2.45) is 10.9 Å². The molecule has 0 aliphatic carbocycles. The number of allylic oxidation sites excluding steroid dienone is 3. The van der Waals surface area contributed by atoms with Crippen LogP contribution >= 0.6 is 0 Å². The number of carboxylic acids is 1. The zero-order valence-corrected chi connectivity index (χ0v) is 24.5. The van der Waals surface area contributed by atoms with Crippen LogP contribution in [0.15, 0.2) is 70.9 Å². The lowest BCUT2D eigenvalue weighted by molar-refractivity contribution is -0.138. The first-order valence-electron chi connectivity index (χ1n) is 13.8. The fourth-order valence-electron chi connectivity index (χ4n) is 5.58. The van der Waals surface area contributed by atoms with Gasteiger partial charge < -0.3 is 29.3 Å². The summed E-state index contributed by atoms with van der Waals surface area (Å²) in [6, 6.07) is 10.3. The molecule has 1 N–H and O–H groups in total. The second-order valence-corrected chi connectivity index (χ2v) is 10.4. The highest BCUT2D eigenvalue weighted by atomic mass is 19.4. The van der Waals surface area contributed by atoms with Crippen molar-refractivity contribution in [3.05, 3.63) is 71.5 Å². The second-order valence-electron chi connectivity index (χ2n) is 10.4. The van der Waals surface area contributed by atoms with Crippen molar-refractivity contribution >= 4 is 23.3 Å². The smallest absolute Gasteiger partial charge is 0.416 e. The molecule has 0 amide bonds. The lowest BCUT2D eigenvalue weighted by Gasteiger charge is -2.47. The summed E-state index contributed by atoms with van der Waals surface area (Å²) >= 11 is 0. The second kappa shape index (κ2) is 12.8. The average Bonchev–Trinajstić information content (AvgIpc) is 2.97. The van der Waals surface area contributed by atoms with Crippen LogP contribution in [0.3, 0.4) is 0 Å². The van der Waals surface area contributed by atoms with Gasteiger partial charge in [0.2, 0.25) is 5.96 Å². The molecule has 2 aliphatic rings. The summed E-state index contributed by atoms with van der Waals surface area (Å²) < 4.78 is 52.6. The van der Waals surface area contributed by atoms with E-state index in [9.17, 15) is 23.1 Å². The van der Waals surface area contributed by atoms with Crippen LogP contribution in [0.5, 0.6) is 11.5 Å². The minimum atomic E-state index is -4.60. The number of hydrogen-bond donors (Lipinski definition) is 1. The van der Waals surface area contributed by atoms with Gasteiger partial charge in [0.1, 0.15) is 11.5 Å². The maximum atomic E-state index is 13.9. The lowest BCUT2D eigenvalue weighted by Crippen LogP contribution is -2.59. The summed E-state index contributed by atoms with van der Waals surface area (Å²) in [4.78, 5) is 23.1. The van der Waals surface area contributed by atoms with Gasteiger partial charge in [0.25, 0.3) is 0 Å². The fourth-order valence-corrected chi connectivity index (χ4v) is 5.58. The highest BCUT2D eigenvalue weighted by molar-refractivity contribution is 6.00. The van der Waals surface area contributed by atoms with Crippen molar-refractivity contribution < 1.29 is 32.5 Å². The van der Waals surface area contributed by atoms with Crippen LogP contribution in [0, 0.1) is 5.92 Å². The summed E-state index contributed by atoms with van der Waals surface area (Å²) in [6.07, 6.45) is -1.12. The van der Waals surface area contributed by atoms with Gasteiger partial charge in [-0.05, 0) is 49.8 Å². The molecular formula is C31H37F3N4O4. The molecule has 2 heterocycles. The van der Waals surface area contributed by atoms with E-state index in [1.807, 2.05) is 62.1 Å². The van der Waals surface area contributed by atoms with E-state index >= 15 is 0 Å². The Morgan fingerprint density at radius 1 is 1.07 bits per heavy atom. The number of guanidine groups is 1. The SMILES string of the molecule is CC=CC(C)=C1N=C(N2CCN(c3cccc(OC)c3)CC2)N(c2cc(C(F)(F)F)ccc2OC)C(CC(=O)O)C1C. The van der Waals surface area contributed by atoms with Crippen LogP contribution in [-0.4, -0.2) is 68.4 Å². The number of carbonyl (C=O) groups is 1. The van der Waals surface area contributed by atoms with E-state index < -0.39 is 29.7 Å². The number of halogens is 3. The van der Waals surface area contributed by atoms with Gasteiger partial charge in [-0.25, -0.2) is 4.99 Å². The third-order valence-electron chi connectivity index (χ3n) is 7.73. The highest BCUT2D eigenvalue weighted by Gasteiger charge is 2.42. The van der Waals surface area contributed by atoms with Crippen molar-refractivity contribution in [2.45, 2.75) is 39.4 Å². The molecule has 0 saturated carbocycles. The molecule has 2 atom stereocenters. The molecule has 4 rings (SSSR count). The molecule has 1 saturated heterocycles. The molecule has 42 heavy (non-hydrogen) atoms. The monoisotopic (exact) mass is 586 g/mol. The van der Waals surface area contributed by atoms with Crippen LogP contribution in [0.2, 0.25) is 0 Å². The van der Waals surface area contributed by atoms with Crippen molar-refractivity contribution in [3.63, 3.8) is 0 Å². The number of nitrogens with zero attached hydrogens (tertiary/aromatic N) is 4. The van der Waals surface area contributed by atoms with Crippen molar-refractivity contribution in [3.8, 4) is 11.5 Å². The van der Waals surface area contributed by atoms with Crippen LogP contribution < -0.4 is 19.3 Å². The van der Waals surface area contributed by atoms with Crippen LogP contribution in [0.4, 0.5) is 24.5 Å². The quantitative estimate of drug-likeness (QED) is 0.423. The number of anilines is 2. The van der Waals surface area contributed by atoms with Crippen LogP contribution in [0.25, 0.3) is 0 Å². The Labute approximate surface area is 244 Å².